The van der Waals surface area contributed by atoms with Gasteiger partial charge in [0.05, 0.1) is 12.8 Å². The van der Waals surface area contributed by atoms with E-state index in [2.05, 4.69) is 20.2 Å². The van der Waals surface area contributed by atoms with Crippen LogP contribution in [0.3, 0.4) is 0 Å². The maximum absolute atomic E-state index is 13.3. The summed E-state index contributed by atoms with van der Waals surface area (Å²) in [4.78, 5) is 10.2. The van der Waals surface area contributed by atoms with E-state index in [4.69, 9.17) is 4.74 Å². The number of hydrogen-bond donors (Lipinski definition) is 1. The van der Waals surface area contributed by atoms with Gasteiger partial charge in [0, 0.05) is 11.6 Å². The van der Waals surface area contributed by atoms with Crippen LogP contribution in [0, 0.1) is 0 Å². The summed E-state index contributed by atoms with van der Waals surface area (Å²) >= 11 is 0. The largest absolute Gasteiger partial charge is 0.497 e. The molecular weight excluding hydrogens is 345 g/mol. The van der Waals surface area contributed by atoms with Crippen molar-refractivity contribution in [3.05, 3.63) is 36.0 Å². The van der Waals surface area contributed by atoms with Crippen LogP contribution in [-0.4, -0.2) is 48.2 Å². The second kappa shape index (κ2) is 7.49. The lowest BCUT2D eigenvalue weighted by molar-refractivity contribution is -0.141. The number of piperidine rings is 1. The Morgan fingerprint density at radius 2 is 1.88 bits per heavy atom. The molecule has 0 spiro atoms. The Morgan fingerprint density at radius 3 is 2.54 bits per heavy atom. The van der Waals surface area contributed by atoms with Crippen molar-refractivity contribution in [3.63, 3.8) is 0 Å². The topological polar surface area (TPSA) is 50.3 Å². The van der Waals surface area contributed by atoms with Gasteiger partial charge in [-0.1, -0.05) is 12.1 Å². The first-order valence-corrected chi connectivity index (χ1v) is 8.41. The number of ether oxygens (including phenoxy) is 1. The van der Waals surface area contributed by atoms with Crippen molar-refractivity contribution in [2.24, 2.45) is 0 Å². The van der Waals surface area contributed by atoms with E-state index in [1.807, 2.05) is 7.05 Å². The van der Waals surface area contributed by atoms with Crippen LogP contribution >= 0.6 is 0 Å². The standard InChI is InChI=1S/C18H21F3N4O/c1-25-8-6-13(7-9-25)22-17-23-15(11-16(24-17)18(19,20)21)12-4-3-5-14(10-12)26-2/h3-5,10-11,13H,6-9H2,1-2H3,(H,22,23,24). The van der Waals surface area contributed by atoms with Gasteiger partial charge in [0.15, 0.2) is 5.69 Å². The minimum atomic E-state index is -4.54. The highest BCUT2D eigenvalue weighted by molar-refractivity contribution is 5.63. The summed E-state index contributed by atoms with van der Waals surface area (Å²) in [5.41, 5.74) is -0.203. The Kier molecular flexibility index (Phi) is 5.31. The fourth-order valence-corrected chi connectivity index (χ4v) is 2.92. The van der Waals surface area contributed by atoms with Crippen molar-refractivity contribution in [1.29, 1.82) is 0 Å². The van der Waals surface area contributed by atoms with Gasteiger partial charge in [-0.2, -0.15) is 13.2 Å². The zero-order valence-electron chi connectivity index (χ0n) is 14.7. The van der Waals surface area contributed by atoms with Crippen LogP contribution in [0.15, 0.2) is 30.3 Å². The molecule has 1 saturated heterocycles. The minimum Gasteiger partial charge on any atom is -0.497 e. The molecule has 0 bridgehead atoms. The van der Waals surface area contributed by atoms with Crippen LogP contribution in [0.1, 0.15) is 18.5 Å². The van der Waals surface area contributed by atoms with Crippen molar-refractivity contribution < 1.29 is 17.9 Å². The molecule has 5 nitrogen and oxygen atoms in total. The van der Waals surface area contributed by atoms with Gasteiger partial charge >= 0.3 is 6.18 Å². The molecule has 140 valence electrons. The fraction of sp³-hybridized carbons (Fsp3) is 0.444. The third kappa shape index (κ3) is 4.43. The lowest BCUT2D eigenvalue weighted by atomic mass is 10.1. The molecule has 1 aromatic carbocycles. The highest BCUT2D eigenvalue weighted by atomic mass is 19.4. The van der Waals surface area contributed by atoms with Crippen LogP contribution < -0.4 is 10.1 Å². The normalized spacial score (nSPS) is 16.5. The Labute approximate surface area is 150 Å². The van der Waals surface area contributed by atoms with Crippen molar-refractivity contribution in [2.75, 3.05) is 32.6 Å². The number of likely N-dealkylation sites (tertiary alicyclic amines) is 1. The summed E-state index contributed by atoms with van der Waals surface area (Å²) in [6, 6.07) is 7.83. The quantitative estimate of drug-likeness (QED) is 0.895. The number of anilines is 1. The molecule has 2 heterocycles. The van der Waals surface area contributed by atoms with E-state index in [1.54, 1.807) is 24.3 Å². The van der Waals surface area contributed by atoms with Gasteiger partial charge in [0.25, 0.3) is 0 Å². The molecule has 0 atom stereocenters. The third-order valence-electron chi connectivity index (χ3n) is 4.43. The Bertz CT molecular complexity index is 758. The van der Waals surface area contributed by atoms with E-state index >= 15 is 0 Å². The molecule has 0 saturated carbocycles. The molecule has 0 amide bonds. The lowest BCUT2D eigenvalue weighted by Gasteiger charge is -2.29. The van der Waals surface area contributed by atoms with Crippen LogP contribution in [0.25, 0.3) is 11.3 Å². The number of nitrogens with one attached hydrogen (secondary N) is 1. The minimum absolute atomic E-state index is 0.00666. The first kappa shape index (κ1) is 18.4. The molecule has 26 heavy (non-hydrogen) atoms. The Balaban J connectivity index is 1.93. The summed E-state index contributed by atoms with van der Waals surface area (Å²) in [7, 11) is 3.53. The van der Waals surface area contributed by atoms with E-state index in [0.29, 0.717) is 11.3 Å². The smallest absolute Gasteiger partial charge is 0.433 e. The van der Waals surface area contributed by atoms with Gasteiger partial charge in [-0.25, -0.2) is 9.97 Å². The van der Waals surface area contributed by atoms with E-state index in [0.717, 1.165) is 32.0 Å². The van der Waals surface area contributed by atoms with Gasteiger partial charge in [0.1, 0.15) is 5.75 Å². The zero-order chi connectivity index (χ0) is 18.7. The number of nitrogens with zero attached hydrogens (tertiary/aromatic N) is 3. The molecule has 0 aliphatic carbocycles. The first-order valence-electron chi connectivity index (χ1n) is 8.41. The SMILES string of the molecule is COc1cccc(-c2cc(C(F)(F)F)nc(NC3CCN(C)CC3)n2)c1. The van der Waals surface area contributed by atoms with Crippen molar-refractivity contribution in [2.45, 2.75) is 25.1 Å². The summed E-state index contributed by atoms with van der Waals surface area (Å²) in [5, 5.41) is 3.07. The van der Waals surface area contributed by atoms with Gasteiger partial charge in [-0.05, 0) is 51.2 Å². The van der Waals surface area contributed by atoms with Crippen LogP contribution in [0.5, 0.6) is 5.75 Å². The number of methoxy groups -OCH3 is 1. The van der Waals surface area contributed by atoms with Gasteiger partial charge in [-0.3, -0.25) is 0 Å². The Hall–Kier alpha value is -2.35. The van der Waals surface area contributed by atoms with Gasteiger partial charge < -0.3 is 15.0 Å². The molecule has 0 radical (unpaired) electrons. The monoisotopic (exact) mass is 366 g/mol. The second-order valence-electron chi connectivity index (χ2n) is 6.41. The average molecular weight is 366 g/mol. The number of hydrogen-bond acceptors (Lipinski definition) is 5. The molecule has 8 heteroatoms. The molecule has 2 aromatic rings. The first-order chi connectivity index (χ1) is 12.3. The summed E-state index contributed by atoms with van der Waals surface area (Å²) in [5.74, 6) is 0.562. The van der Waals surface area contributed by atoms with Crippen molar-refractivity contribution >= 4 is 5.95 Å². The average Bonchev–Trinajstić information content (AvgIpc) is 2.63. The molecule has 0 unspecified atom stereocenters. The zero-order valence-corrected chi connectivity index (χ0v) is 14.7. The van der Waals surface area contributed by atoms with E-state index in [1.165, 1.54) is 7.11 Å². The third-order valence-corrected chi connectivity index (χ3v) is 4.43. The predicted octanol–water partition coefficient (Wildman–Crippen LogP) is 3.68. The second-order valence-corrected chi connectivity index (χ2v) is 6.41. The predicted molar refractivity (Wildman–Crippen MR) is 93.2 cm³/mol. The molecule has 1 fully saturated rings. The number of halogens is 3. The van der Waals surface area contributed by atoms with E-state index < -0.39 is 11.9 Å². The molecule has 1 aromatic heterocycles. The van der Waals surface area contributed by atoms with Crippen molar-refractivity contribution in [1.82, 2.24) is 14.9 Å². The van der Waals surface area contributed by atoms with Gasteiger partial charge in [-0.15, -0.1) is 0 Å². The number of benzene rings is 1. The maximum Gasteiger partial charge on any atom is 0.433 e. The van der Waals surface area contributed by atoms with Crippen LogP contribution in [-0.2, 0) is 6.18 Å². The van der Waals surface area contributed by atoms with Crippen LogP contribution in [0.4, 0.5) is 19.1 Å². The van der Waals surface area contributed by atoms with Gasteiger partial charge in [0.2, 0.25) is 5.95 Å². The highest BCUT2D eigenvalue weighted by Crippen LogP contribution is 2.32. The van der Waals surface area contributed by atoms with E-state index in [9.17, 15) is 13.2 Å². The summed E-state index contributed by atoms with van der Waals surface area (Å²) < 4.78 is 45.0. The lowest BCUT2D eigenvalue weighted by Crippen LogP contribution is -2.37. The molecule has 1 N–H and O–H groups in total. The Morgan fingerprint density at radius 1 is 1.15 bits per heavy atom. The molecular formula is C18H21F3N4O. The van der Waals surface area contributed by atoms with E-state index in [-0.39, 0.29) is 17.7 Å². The number of aromatic nitrogens is 2. The summed E-state index contributed by atoms with van der Waals surface area (Å²) in [6.07, 6.45) is -2.87. The summed E-state index contributed by atoms with van der Waals surface area (Å²) in [6.45, 7) is 1.78. The van der Waals surface area contributed by atoms with Crippen LogP contribution in [0.2, 0.25) is 0 Å². The number of alkyl halides is 3. The molecule has 1 aliphatic rings. The highest BCUT2D eigenvalue weighted by Gasteiger charge is 2.34. The molecule has 1 aliphatic heterocycles. The fourth-order valence-electron chi connectivity index (χ4n) is 2.92. The number of rotatable bonds is 4. The van der Waals surface area contributed by atoms with Crippen molar-refractivity contribution in [3.8, 4) is 17.0 Å². The molecule has 3 rings (SSSR count). The maximum atomic E-state index is 13.3.